The zero-order valence-electron chi connectivity index (χ0n) is 11.8. The van der Waals surface area contributed by atoms with Crippen molar-refractivity contribution in [1.82, 2.24) is 14.7 Å². The lowest BCUT2D eigenvalue weighted by atomic mass is 10.2. The topological polar surface area (TPSA) is 41.1 Å². The third kappa shape index (κ3) is 3.66. The van der Waals surface area contributed by atoms with E-state index in [1.807, 2.05) is 0 Å². The average molecular weight is 280 g/mol. The number of hydrogen-bond acceptors (Lipinski definition) is 5. The van der Waals surface area contributed by atoms with Crippen molar-refractivity contribution in [2.45, 2.75) is 51.5 Å². The molecule has 1 aromatic heterocycles. The average Bonchev–Trinajstić information content (AvgIpc) is 2.91. The molecule has 0 spiro atoms. The Morgan fingerprint density at radius 3 is 2.89 bits per heavy atom. The van der Waals surface area contributed by atoms with Crippen molar-refractivity contribution in [2.75, 3.05) is 24.5 Å². The Morgan fingerprint density at radius 1 is 1.32 bits per heavy atom. The van der Waals surface area contributed by atoms with Crippen molar-refractivity contribution >= 4 is 16.7 Å². The smallest absolute Gasteiger partial charge is 0.205 e. The number of nitrogens with one attached hydrogen (secondary N) is 1. The minimum atomic E-state index is 0.650. The van der Waals surface area contributed by atoms with E-state index in [0.29, 0.717) is 6.04 Å². The molecule has 5 heteroatoms. The van der Waals surface area contributed by atoms with E-state index in [4.69, 9.17) is 4.98 Å². The highest BCUT2D eigenvalue weighted by Crippen LogP contribution is 2.32. The van der Waals surface area contributed by atoms with Crippen LogP contribution in [0.1, 0.15) is 44.9 Å². The van der Waals surface area contributed by atoms with Crippen LogP contribution in [0.15, 0.2) is 0 Å². The summed E-state index contributed by atoms with van der Waals surface area (Å²) in [6.45, 7) is 5.65. The molecule has 0 bridgehead atoms. The fourth-order valence-corrected chi connectivity index (χ4v) is 3.45. The zero-order chi connectivity index (χ0) is 13.1. The predicted octanol–water partition coefficient (Wildman–Crippen LogP) is 2.46. The molecule has 0 aromatic carbocycles. The highest BCUT2D eigenvalue weighted by Gasteiger charge is 2.28. The molecule has 2 fully saturated rings. The van der Waals surface area contributed by atoms with E-state index in [-0.39, 0.29) is 0 Å². The minimum Gasteiger partial charge on any atom is -0.345 e. The van der Waals surface area contributed by atoms with E-state index >= 15 is 0 Å². The maximum absolute atomic E-state index is 4.73. The molecular weight excluding hydrogens is 256 g/mol. The van der Waals surface area contributed by atoms with Crippen molar-refractivity contribution in [1.29, 1.82) is 0 Å². The molecule has 1 aliphatic heterocycles. The normalized spacial score (nSPS) is 22.9. The standard InChI is InChI=1S/C14H24N4S/c1-2-4-13-16-14(19-17-13)18(9-11-6-7-11)10-12-5-3-8-15-12/h11-12,15H,2-10H2,1H3. The van der Waals surface area contributed by atoms with Gasteiger partial charge < -0.3 is 10.2 Å². The third-order valence-corrected chi connectivity index (χ3v) is 4.79. The van der Waals surface area contributed by atoms with Gasteiger partial charge in [0.25, 0.3) is 0 Å². The van der Waals surface area contributed by atoms with Gasteiger partial charge in [0.2, 0.25) is 5.13 Å². The summed E-state index contributed by atoms with van der Waals surface area (Å²) in [5.41, 5.74) is 0. The van der Waals surface area contributed by atoms with Gasteiger partial charge in [0.15, 0.2) is 0 Å². The second-order valence-electron chi connectivity index (χ2n) is 5.88. The van der Waals surface area contributed by atoms with Gasteiger partial charge in [-0.15, -0.1) is 0 Å². The summed E-state index contributed by atoms with van der Waals surface area (Å²) < 4.78 is 4.50. The molecule has 0 amide bonds. The Morgan fingerprint density at radius 2 is 2.21 bits per heavy atom. The number of aryl methyl sites for hydroxylation is 1. The van der Waals surface area contributed by atoms with Crippen molar-refractivity contribution < 1.29 is 0 Å². The molecular formula is C14H24N4S. The number of nitrogens with zero attached hydrogens (tertiary/aromatic N) is 3. The number of anilines is 1. The van der Waals surface area contributed by atoms with Crippen LogP contribution < -0.4 is 10.2 Å². The third-order valence-electron chi connectivity index (χ3n) is 3.98. The predicted molar refractivity (Wildman–Crippen MR) is 79.9 cm³/mol. The minimum absolute atomic E-state index is 0.650. The maximum Gasteiger partial charge on any atom is 0.205 e. The Hall–Kier alpha value is -0.680. The first-order valence-electron chi connectivity index (χ1n) is 7.66. The lowest BCUT2D eigenvalue weighted by Crippen LogP contribution is -2.38. The summed E-state index contributed by atoms with van der Waals surface area (Å²) in [7, 11) is 0. The van der Waals surface area contributed by atoms with Gasteiger partial charge in [0.1, 0.15) is 5.82 Å². The highest BCUT2D eigenvalue weighted by atomic mass is 32.1. The Kier molecular flexibility index (Phi) is 4.33. The quantitative estimate of drug-likeness (QED) is 0.833. The molecule has 2 heterocycles. The van der Waals surface area contributed by atoms with Crippen LogP contribution in [0.5, 0.6) is 0 Å². The molecule has 0 radical (unpaired) electrons. The van der Waals surface area contributed by atoms with Crippen LogP contribution in [-0.4, -0.2) is 35.0 Å². The molecule has 1 saturated heterocycles. The molecule has 3 rings (SSSR count). The van der Waals surface area contributed by atoms with Crippen LogP contribution in [0.4, 0.5) is 5.13 Å². The lowest BCUT2D eigenvalue weighted by Gasteiger charge is -2.24. The summed E-state index contributed by atoms with van der Waals surface area (Å²) in [4.78, 5) is 7.21. The van der Waals surface area contributed by atoms with Crippen LogP contribution in [0, 0.1) is 5.92 Å². The van der Waals surface area contributed by atoms with Gasteiger partial charge in [-0.05, 0) is 44.6 Å². The summed E-state index contributed by atoms with van der Waals surface area (Å²) in [6.07, 6.45) is 7.56. The van der Waals surface area contributed by atoms with Crippen LogP contribution >= 0.6 is 11.5 Å². The first-order chi connectivity index (χ1) is 9.35. The molecule has 2 aliphatic rings. The second-order valence-corrected chi connectivity index (χ2v) is 6.62. The molecule has 1 N–H and O–H groups in total. The van der Waals surface area contributed by atoms with Gasteiger partial charge in [0.05, 0.1) is 0 Å². The Labute approximate surface area is 119 Å². The van der Waals surface area contributed by atoms with Gasteiger partial charge >= 0.3 is 0 Å². The summed E-state index contributed by atoms with van der Waals surface area (Å²) in [5, 5.41) is 4.74. The monoisotopic (exact) mass is 280 g/mol. The molecule has 1 atom stereocenters. The van der Waals surface area contributed by atoms with E-state index in [1.165, 1.54) is 38.8 Å². The first-order valence-corrected chi connectivity index (χ1v) is 8.43. The lowest BCUT2D eigenvalue weighted by molar-refractivity contribution is 0.569. The SMILES string of the molecule is CCCc1nsc(N(CC2CC2)CC2CCCN2)n1. The van der Waals surface area contributed by atoms with Gasteiger partial charge in [-0.25, -0.2) is 4.98 Å². The molecule has 106 valence electrons. The van der Waals surface area contributed by atoms with Gasteiger partial charge in [-0.1, -0.05) is 6.92 Å². The van der Waals surface area contributed by atoms with E-state index in [2.05, 4.69) is 21.5 Å². The van der Waals surface area contributed by atoms with Crippen molar-refractivity contribution in [3.8, 4) is 0 Å². The summed E-state index contributed by atoms with van der Waals surface area (Å²) >= 11 is 1.59. The largest absolute Gasteiger partial charge is 0.345 e. The van der Waals surface area contributed by atoms with Gasteiger partial charge in [-0.2, -0.15) is 4.37 Å². The van der Waals surface area contributed by atoms with Crippen molar-refractivity contribution in [3.63, 3.8) is 0 Å². The fourth-order valence-electron chi connectivity index (χ4n) is 2.72. The van der Waals surface area contributed by atoms with E-state index in [1.54, 1.807) is 11.5 Å². The van der Waals surface area contributed by atoms with Gasteiger partial charge in [0, 0.05) is 37.1 Å². The molecule has 1 unspecified atom stereocenters. The number of aromatic nitrogens is 2. The van der Waals surface area contributed by atoms with E-state index in [0.717, 1.165) is 36.3 Å². The molecule has 1 saturated carbocycles. The summed E-state index contributed by atoms with van der Waals surface area (Å²) in [5.74, 6) is 1.93. The number of hydrogen-bond donors (Lipinski definition) is 1. The zero-order valence-corrected chi connectivity index (χ0v) is 12.6. The fraction of sp³-hybridized carbons (Fsp3) is 0.857. The molecule has 4 nitrogen and oxygen atoms in total. The number of rotatable bonds is 7. The summed E-state index contributed by atoms with van der Waals surface area (Å²) in [6, 6.07) is 0.650. The first kappa shape index (κ1) is 13.3. The highest BCUT2D eigenvalue weighted by molar-refractivity contribution is 7.09. The van der Waals surface area contributed by atoms with Crippen LogP contribution in [0.3, 0.4) is 0 Å². The van der Waals surface area contributed by atoms with Crippen LogP contribution in [0.25, 0.3) is 0 Å². The van der Waals surface area contributed by atoms with Crippen LogP contribution in [-0.2, 0) is 6.42 Å². The van der Waals surface area contributed by atoms with Crippen molar-refractivity contribution in [3.05, 3.63) is 5.82 Å². The van der Waals surface area contributed by atoms with E-state index < -0.39 is 0 Å². The maximum atomic E-state index is 4.73. The molecule has 1 aromatic rings. The van der Waals surface area contributed by atoms with Gasteiger partial charge in [-0.3, -0.25) is 0 Å². The van der Waals surface area contributed by atoms with Crippen molar-refractivity contribution in [2.24, 2.45) is 5.92 Å². The molecule has 19 heavy (non-hydrogen) atoms. The van der Waals surface area contributed by atoms with Crippen LogP contribution in [0.2, 0.25) is 0 Å². The van der Waals surface area contributed by atoms with E-state index in [9.17, 15) is 0 Å². The Balaban J connectivity index is 1.65. The second kappa shape index (κ2) is 6.18. The Bertz CT molecular complexity index is 396. The molecule has 1 aliphatic carbocycles.